The summed E-state index contributed by atoms with van der Waals surface area (Å²) in [7, 11) is -2.03. The van der Waals surface area contributed by atoms with Crippen LogP contribution in [0.5, 0.6) is 5.75 Å². The van der Waals surface area contributed by atoms with Crippen molar-refractivity contribution in [1.82, 2.24) is 9.71 Å². The lowest BCUT2D eigenvalue weighted by Gasteiger charge is -2.14. The van der Waals surface area contributed by atoms with Crippen molar-refractivity contribution < 1.29 is 17.9 Å². The summed E-state index contributed by atoms with van der Waals surface area (Å²) < 4.78 is 37.7. The number of benzene rings is 1. The highest BCUT2D eigenvalue weighted by Gasteiger charge is 2.18. The molecule has 7 heteroatoms. The molecule has 1 aromatic carbocycles. The molecule has 2 rings (SSSR count). The van der Waals surface area contributed by atoms with E-state index in [9.17, 15) is 8.42 Å². The van der Waals surface area contributed by atoms with Gasteiger partial charge in [0.15, 0.2) is 0 Å². The second-order valence-electron chi connectivity index (χ2n) is 4.91. The fourth-order valence-electron chi connectivity index (χ4n) is 1.95. The smallest absolute Gasteiger partial charge is 0.241 e. The van der Waals surface area contributed by atoms with Gasteiger partial charge in [0.05, 0.1) is 23.2 Å². The van der Waals surface area contributed by atoms with Crippen molar-refractivity contribution >= 4 is 10.0 Å². The minimum absolute atomic E-state index is 0.180. The molecule has 2 aromatic rings. The Morgan fingerprint density at radius 3 is 2.48 bits per heavy atom. The minimum Gasteiger partial charge on any atom is -0.491 e. The monoisotopic (exact) mass is 336 g/mol. The summed E-state index contributed by atoms with van der Waals surface area (Å²) in [6, 6.07) is 11.2. The Bertz CT molecular complexity index is 703. The summed E-state index contributed by atoms with van der Waals surface area (Å²) in [5.74, 6) is 0.596. The van der Waals surface area contributed by atoms with Crippen LogP contribution in [-0.4, -0.2) is 33.7 Å². The molecule has 6 nitrogen and oxygen atoms in total. The van der Waals surface area contributed by atoms with Crippen LogP contribution in [-0.2, 0) is 14.8 Å². The van der Waals surface area contributed by atoms with Gasteiger partial charge in [0.1, 0.15) is 12.4 Å². The highest BCUT2D eigenvalue weighted by Crippen LogP contribution is 2.18. The zero-order chi connectivity index (χ0) is 16.7. The molecule has 0 saturated heterocycles. The second-order valence-corrected chi connectivity index (χ2v) is 6.62. The van der Waals surface area contributed by atoms with Crippen molar-refractivity contribution in [3.05, 3.63) is 54.4 Å². The maximum absolute atomic E-state index is 12.4. The van der Waals surface area contributed by atoms with E-state index in [1.165, 1.54) is 12.1 Å². The topological polar surface area (TPSA) is 77.5 Å². The van der Waals surface area contributed by atoms with E-state index in [-0.39, 0.29) is 4.90 Å². The summed E-state index contributed by atoms with van der Waals surface area (Å²) in [6.07, 6.45) is 1.63. The van der Waals surface area contributed by atoms with E-state index in [1.807, 2.05) is 6.07 Å². The SMILES string of the molecule is COCCOc1ccc(S(=O)(=O)N[C@@H](C)c2ccccn2)cc1. The number of pyridine rings is 1. The first-order valence-corrected chi connectivity index (χ1v) is 8.66. The van der Waals surface area contributed by atoms with Crippen molar-refractivity contribution in [2.45, 2.75) is 17.9 Å². The predicted molar refractivity (Wildman–Crippen MR) is 86.8 cm³/mol. The Morgan fingerprint density at radius 2 is 1.87 bits per heavy atom. The molecule has 0 aliphatic heterocycles. The molecule has 1 N–H and O–H groups in total. The number of aromatic nitrogens is 1. The molecule has 1 heterocycles. The van der Waals surface area contributed by atoms with Gasteiger partial charge in [-0.3, -0.25) is 4.98 Å². The Kier molecular flexibility index (Phi) is 6.09. The van der Waals surface area contributed by atoms with Crippen LogP contribution in [0.4, 0.5) is 0 Å². The molecule has 0 bridgehead atoms. The van der Waals surface area contributed by atoms with Crippen LogP contribution in [0.2, 0.25) is 0 Å². The van der Waals surface area contributed by atoms with Gasteiger partial charge in [-0.1, -0.05) is 6.07 Å². The number of nitrogens with zero attached hydrogens (tertiary/aromatic N) is 1. The molecule has 0 amide bonds. The van der Waals surface area contributed by atoms with E-state index in [0.29, 0.717) is 24.7 Å². The minimum atomic E-state index is -3.62. The van der Waals surface area contributed by atoms with E-state index in [4.69, 9.17) is 9.47 Å². The zero-order valence-electron chi connectivity index (χ0n) is 13.1. The molecule has 0 aliphatic rings. The second kappa shape index (κ2) is 8.05. The van der Waals surface area contributed by atoms with E-state index in [1.54, 1.807) is 44.5 Å². The summed E-state index contributed by atoms with van der Waals surface area (Å²) in [5.41, 5.74) is 0.663. The van der Waals surface area contributed by atoms with Crippen molar-refractivity contribution in [2.24, 2.45) is 0 Å². The Morgan fingerprint density at radius 1 is 1.13 bits per heavy atom. The first-order valence-electron chi connectivity index (χ1n) is 7.18. The van der Waals surface area contributed by atoms with Crippen molar-refractivity contribution in [2.75, 3.05) is 20.3 Å². The van der Waals surface area contributed by atoms with Crippen LogP contribution in [0.3, 0.4) is 0 Å². The van der Waals surface area contributed by atoms with E-state index in [2.05, 4.69) is 9.71 Å². The molecular weight excluding hydrogens is 316 g/mol. The third kappa shape index (κ3) is 5.02. The number of hydrogen-bond acceptors (Lipinski definition) is 5. The lowest BCUT2D eigenvalue weighted by Crippen LogP contribution is -2.27. The van der Waals surface area contributed by atoms with Crippen LogP contribution in [0.25, 0.3) is 0 Å². The number of hydrogen-bond donors (Lipinski definition) is 1. The third-order valence-electron chi connectivity index (χ3n) is 3.15. The molecule has 0 aliphatic carbocycles. The van der Waals surface area contributed by atoms with E-state index >= 15 is 0 Å². The molecule has 124 valence electrons. The van der Waals surface area contributed by atoms with Crippen LogP contribution in [0, 0.1) is 0 Å². The van der Waals surface area contributed by atoms with Gasteiger partial charge in [-0.25, -0.2) is 13.1 Å². The molecule has 0 fully saturated rings. The number of sulfonamides is 1. The molecule has 0 spiro atoms. The standard InChI is InChI=1S/C16H20N2O4S/c1-13(16-5-3-4-10-17-16)18-23(19,20)15-8-6-14(7-9-15)22-12-11-21-2/h3-10,13,18H,11-12H2,1-2H3/t13-/m0/s1. The molecule has 1 atom stereocenters. The predicted octanol–water partition coefficient (Wildman–Crippen LogP) is 2.15. The summed E-state index contributed by atoms with van der Waals surface area (Å²) in [4.78, 5) is 4.33. The van der Waals surface area contributed by atoms with Crippen LogP contribution in [0.1, 0.15) is 18.7 Å². The van der Waals surface area contributed by atoms with Crippen LogP contribution in [0.15, 0.2) is 53.6 Å². The fraction of sp³-hybridized carbons (Fsp3) is 0.312. The van der Waals surface area contributed by atoms with Gasteiger partial charge < -0.3 is 9.47 Å². The maximum atomic E-state index is 12.4. The van der Waals surface area contributed by atoms with Crippen LogP contribution >= 0.6 is 0 Å². The summed E-state index contributed by atoms with van der Waals surface area (Å²) in [5, 5.41) is 0. The molecule has 0 unspecified atom stereocenters. The molecule has 0 radical (unpaired) electrons. The molecule has 23 heavy (non-hydrogen) atoms. The maximum Gasteiger partial charge on any atom is 0.241 e. The van der Waals surface area contributed by atoms with Gasteiger partial charge >= 0.3 is 0 Å². The number of ether oxygens (including phenoxy) is 2. The number of methoxy groups -OCH3 is 1. The van der Waals surface area contributed by atoms with Gasteiger partial charge in [-0.05, 0) is 43.3 Å². The largest absolute Gasteiger partial charge is 0.491 e. The van der Waals surface area contributed by atoms with E-state index in [0.717, 1.165) is 0 Å². The van der Waals surface area contributed by atoms with Crippen molar-refractivity contribution in [3.8, 4) is 5.75 Å². The van der Waals surface area contributed by atoms with Gasteiger partial charge in [-0.15, -0.1) is 0 Å². The molecular formula is C16H20N2O4S. The number of nitrogens with one attached hydrogen (secondary N) is 1. The molecule has 1 aromatic heterocycles. The Hall–Kier alpha value is -1.96. The van der Waals surface area contributed by atoms with E-state index < -0.39 is 16.1 Å². The Labute approximate surface area is 136 Å². The highest BCUT2D eigenvalue weighted by atomic mass is 32.2. The van der Waals surface area contributed by atoms with Crippen molar-refractivity contribution in [3.63, 3.8) is 0 Å². The summed E-state index contributed by atoms with van der Waals surface area (Å²) in [6.45, 7) is 2.64. The quantitative estimate of drug-likeness (QED) is 0.747. The molecule has 0 saturated carbocycles. The van der Waals surface area contributed by atoms with Gasteiger partial charge in [-0.2, -0.15) is 0 Å². The Balaban J connectivity index is 2.04. The first-order chi connectivity index (χ1) is 11.0. The normalized spacial score (nSPS) is 12.8. The average Bonchev–Trinajstić information content (AvgIpc) is 2.56. The van der Waals surface area contributed by atoms with Gasteiger partial charge in [0.25, 0.3) is 0 Å². The van der Waals surface area contributed by atoms with Crippen molar-refractivity contribution in [1.29, 1.82) is 0 Å². The fourth-order valence-corrected chi connectivity index (χ4v) is 3.17. The highest BCUT2D eigenvalue weighted by molar-refractivity contribution is 7.89. The lowest BCUT2D eigenvalue weighted by molar-refractivity contribution is 0.146. The van der Waals surface area contributed by atoms with Gasteiger partial charge in [0.2, 0.25) is 10.0 Å². The number of rotatable bonds is 8. The van der Waals surface area contributed by atoms with Gasteiger partial charge in [0, 0.05) is 13.3 Å². The summed E-state index contributed by atoms with van der Waals surface area (Å²) >= 11 is 0. The van der Waals surface area contributed by atoms with Crippen LogP contribution < -0.4 is 9.46 Å². The zero-order valence-corrected chi connectivity index (χ0v) is 13.9. The first kappa shape index (κ1) is 17.4. The third-order valence-corrected chi connectivity index (χ3v) is 4.71. The lowest BCUT2D eigenvalue weighted by atomic mass is 10.2. The average molecular weight is 336 g/mol.